The number of alkyl halides is 3. The van der Waals surface area contributed by atoms with Crippen LogP contribution in [0, 0.1) is 6.92 Å². The van der Waals surface area contributed by atoms with E-state index in [2.05, 4.69) is 20.9 Å². The monoisotopic (exact) mass is 560 g/mol. The Kier molecular flexibility index (Phi) is 8.84. The molecule has 0 spiro atoms. The second-order valence-corrected chi connectivity index (χ2v) is 10.7. The Balaban J connectivity index is 1.24. The van der Waals surface area contributed by atoms with E-state index in [4.69, 9.17) is 0 Å². The fourth-order valence-electron chi connectivity index (χ4n) is 5.80. The standard InChI is InChI=1S/C29H35F3N4O4/c1-18-14-20(26(38)33-2)6-7-24(18)28(40)11-8-23(9-12-28)36-13-10-22(17-36)35-25(37)16-34-27(39)19-4-3-5-21(15-19)29(30,31)32/h3-7,14-15,22-23,40H,8-13,16-17H2,1-2H3,(H,33,38)(H,34,39)(H,35,37). The molecule has 0 bridgehead atoms. The first-order valence-electron chi connectivity index (χ1n) is 13.4. The molecule has 1 atom stereocenters. The van der Waals surface area contributed by atoms with Crippen molar-refractivity contribution < 1.29 is 32.7 Å². The molecule has 8 nitrogen and oxygen atoms in total. The molecule has 4 rings (SSSR count). The van der Waals surface area contributed by atoms with Crippen molar-refractivity contribution in [2.24, 2.45) is 0 Å². The van der Waals surface area contributed by atoms with Gasteiger partial charge in [0.05, 0.1) is 17.7 Å². The Morgan fingerprint density at radius 1 is 1.02 bits per heavy atom. The zero-order valence-electron chi connectivity index (χ0n) is 22.6. The average molecular weight is 561 g/mol. The van der Waals surface area contributed by atoms with Crippen molar-refractivity contribution in [1.29, 1.82) is 0 Å². The van der Waals surface area contributed by atoms with Crippen LogP contribution in [0.5, 0.6) is 0 Å². The highest BCUT2D eigenvalue weighted by Gasteiger charge is 2.39. The number of rotatable bonds is 7. The Labute approximate surface area is 231 Å². The molecule has 1 aliphatic heterocycles. The minimum absolute atomic E-state index is 0.0988. The molecule has 11 heteroatoms. The molecule has 0 radical (unpaired) electrons. The number of likely N-dealkylation sites (tertiary alicyclic amines) is 1. The summed E-state index contributed by atoms with van der Waals surface area (Å²) in [4.78, 5) is 38.9. The summed E-state index contributed by atoms with van der Waals surface area (Å²) in [6.07, 6.45) is -1.05. The molecule has 2 aromatic rings. The van der Waals surface area contributed by atoms with E-state index in [1.807, 2.05) is 13.0 Å². The number of hydrogen-bond donors (Lipinski definition) is 4. The summed E-state index contributed by atoms with van der Waals surface area (Å²) in [5.41, 5.74) is 0.243. The quantitative estimate of drug-likeness (QED) is 0.416. The average Bonchev–Trinajstić information content (AvgIpc) is 3.39. The molecule has 2 aromatic carbocycles. The number of carbonyl (C=O) groups excluding carboxylic acids is 3. The van der Waals surface area contributed by atoms with Gasteiger partial charge in [0.25, 0.3) is 11.8 Å². The van der Waals surface area contributed by atoms with Gasteiger partial charge in [-0.05, 0) is 80.5 Å². The summed E-state index contributed by atoms with van der Waals surface area (Å²) in [7, 11) is 1.58. The lowest BCUT2D eigenvalue weighted by Gasteiger charge is -2.40. The highest BCUT2D eigenvalue weighted by Crippen LogP contribution is 2.40. The summed E-state index contributed by atoms with van der Waals surface area (Å²) < 4.78 is 38.7. The molecule has 4 N–H and O–H groups in total. The summed E-state index contributed by atoms with van der Waals surface area (Å²) in [5, 5.41) is 19.3. The second kappa shape index (κ2) is 12.0. The topological polar surface area (TPSA) is 111 Å². The van der Waals surface area contributed by atoms with Crippen LogP contribution in [0.1, 0.15) is 69.5 Å². The summed E-state index contributed by atoms with van der Waals surface area (Å²) in [6, 6.07) is 9.61. The number of benzene rings is 2. The maximum absolute atomic E-state index is 12.9. The zero-order valence-corrected chi connectivity index (χ0v) is 22.6. The van der Waals surface area contributed by atoms with Crippen molar-refractivity contribution in [2.45, 2.75) is 62.9 Å². The van der Waals surface area contributed by atoms with Crippen LogP contribution in [0.25, 0.3) is 0 Å². The Bertz CT molecular complexity index is 1260. The first-order chi connectivity index (χ1) is 18.9. The largest absolute Gasteiger partial charge is 0.416 e. The molecule has 1 unspecified atom stereocenters. The van der Waals surface area contributed by atoms with Crippen molar-refractivity contribution >= 4 is 17.7 Å². The summed E-state index contributed by atoms with van der Waals surface area (Å²) >= 11 is 0. The van der Waals surface area contributed by atoms with Crippen LogP contribution in [0.4, 0.5) is 13.2 Å². The lowest BCUT2D eigenvalue weighted by molar-refractivity contribution is -0.137. The first-order valence-corrected chi connectivity index (χ1v) is 13.4. The second-order valence-electron chi connectivity index (χ2n) is 10.7. The van der Waals surface area contributed by atoms with Gasteiger partial charge >= 0.3 is 6.18 Å². The molecule has 0 aromatic heterocycles. The molecule has 1 saturated carbocycles. The van der Waals surface area contributed by atoms with Gasteiger partial charge in [-0.2, -0.15) is 13.2 Å². The molecule has 2 fully saturated rings. The van der Waals surface area contributed by atoms with E-state index in [-0.39, 0.29) is 30.1 Å². The van der Waals surface area contributed by atoms with E-state index >= 15 is 0 Å². The third-order valence-electron chi connectivity index (χ3n) is 7.96. The molecule has 1 aliphatic carbocycles. The van der Waals surface area contributed by atoms with Gasteiger partial charge in [0.1, 0.15) is 0 Å². The van der Waals surface area contributed by atoms with Crippen LogP contribution in [-0.2, 0) is 16.6 Å². The van der Waals surface area contributed by atoms with Gasteiger partial charge in [0.15, 0.2) is 0 Å². The van der Waals surface area contributed by atoms with Crippen molar-refractivity contribution in [1.82, 2.24) is 20.9 Å². The van der Waals surface area contributed by atoms with Gasteiger partial charge in [0.2, 0.25) is 5.91 Å². The molecule has 3 amide bonds. The predicted molar refractivity (Wildman–Crippen MR) is 143 cm³/mol. The molecular weight excluding hydrogens is 525 g/mol. The van der Waals surface area contributed by atoms with Crippen molar-refractivity contribution in [3.05, 3.63) is 70.3 Å². The van der Waals surface area contributed by atoms with Crippen LogP contribution in [0.2, 0.25) is 0 Å². The van der Waals surface area contributed by atoms with Crippen molar-refractivity contribution in [2.75, 3.05) is 26.7 Å². The molecule has 40 heavy (non-hydrogen) atoms. The lowest BCUT2D eigenvalue weighted by Crippen LogP contribution is -2.45. The Morgan fingerprint density at radius 3 is 2.38 bits per heavy atom. The lowest BCUT2D eigenvalue weighted by atomic mass is 9.75. The SMILES string of the molecule is CNC(=O)c1ccc(C2(O)CCC(N3CCC(NC(=O)CNC(=O)c4cccc(C(F)(F)F)c4)C3)CC2)c(C)c1. The van der Waals surface area contributed by atoms with Gasteiger partial charge in [-0.3, -0.25) is 19.3 Å². The Morgan fingerprint density at radius 2 is 1.73 bits per heavy atom. The van der Waals surface area contributed by atoms with Crippen LogP contribution in [-0.4, -0.2) is 66.5 Å². The van der Waals surface area contributed by atoms with Crippen molar-refractivity contribution in [3.8, 4) is 0 Å². The van der Waals surface area contributed by atoms with E-state index in [1.54, 1.807) is 19.2 Å². The van der Waals surface area contributed by atoms with Crippen LogP contribution in [0.3, 0.4) is 0 Å². The number of aryl methyl sites for hydroxylation is 1. The molecule has 1 heterocycles. The summed E-state index contributed by atoms with van der Waals surface area (Å²) in [5.74, 6) is -1.32. The van der Waals surface area contributed by atoms with Crippen molar-refractivity contribution in [3.63, 3.8) is 0 Å². The summed E-state index contributed by atoms with van der Waals surface area (Å²) in [6.45, 7) is 3.02. The third-order valence-corrected chi connectivity index (χ3v) is 7.96. The first kappa shape index (κ1) is 29.5. The zero-order chi connectivity index (χ0) is 29.1. The van der Waals surface area contributed by atoms with Gasteiger partial charge < -0.3 is 21.1 Å². The highest BCUT2D eigenvalue weighted by atomic mass is 19.4. The number of hydrogen-bond acceptors (Lipinski definition) is 5. The normalized spacial score (nSPS) is 23.4. The number of nitrogens with one attached hydrogen (secondary N) is 3. The van der Waals surface area contributed by atoms with Gasteiger partial charge in [0, 0.05) is 43.3 Å². The molecular formula is C29H35F3N4O4. The van der Waals surface area contributed by atoms with Crippen LogP contribution < -0.4 is 16.0 Å². The molecule has 2 aliphatic rings. The molecule has 1 saturated heterocycles. The Hall–Kier alpha value is -3.44. The smallest absolute Gasteiger partial charge is 0.385 e. The highest BCUT2D eigenvalue weighted by molar-refractivity contribution is 5.96. The number of aliphatic hydroxyl groups is 1. The number of amides is 3. The number of carbonyl (C=O) groups is 3. The van der Waals surface area contributed by atoms with E-state index in [1.165, 1.54) is 6.07 Å². The van der Waals surface area contributed by atoms with Crippen LogP contribution >= 0.6 is 0 Å². The van der Waals surface area contributed by atoms with E-state index < -0.39 is 29.2 Å². The fraction of sp³-hybridized carbons (Fsp3) is 0.483. The number of halogens is 3. The third kappa shape index (κ3) is 6.82. The number of nitrogens with zero attached hydrogens (tertiary/aromatic N) is 1. The van der Waals surface area contributed by atoms with Gasteiger partial charge in [-0.25, -0.2) is 0 Å². The van der Waals surface area contributed by atoms with E-state index in [0.717, 1.165) is 55.1 Å². The van der Waals surface area contributed by atoms with Crippen LogP contribution in [0.15, 0.2) is 42.5 Å². The molecule has 216 valence electrons. The maximum atomic E-state index is 12.9. The fourth-order valence-corrected chi connectivity index (χ4v) is 5.80. The maximum Gasteiger partial charge on any atom is 0.416 e. The minimum atomic E-state index is -4.56. The van der Waals surface area contributed by atoms with Gasteiger partial charge in [-0.15, -0.1) is 0 Å². The minimum Gasteiger partial charge on any atom is -0.385 e. The van der Waals surface area contributed by atoms with Gasteiger partial charge in [-0.1, -0.05) is 12.1 Å². The van der Waals surface area contributed by atoms with E-state index in [9.17, 15) is 32.7 Å². The predicted octanol–water partition coefficient (Wildman–Crippen LogP) is 3.12. The van der Waals surface area contributed by atoms with E-state index in [0.29, 0.717) is 24.9 Å².